The fourth-order valence-corrected chi connectivity index (χ4v) is 2.72. The van der Waals surface area contributed by atoms with E-state index >= 15 is 0 Å². The van der Waals surface area contributed by atoms with Crippen molar-refractivity contribution in [2.24, 2.45) is 11.1 Å². The first-order valence-corrected chi connectivity index (χ1v) is 7.33. The minimum absolute atomic E-state index is 0.298. The molecule has 3 N–H and O–H groups in total. The van der Waals surface area contributed by atoms with Gasteiger partial charge in [0.15, 0.2) is 0 Å². The van der Waals surface area contributed by atoms with E-state index in [1.54, 1.807) is 0 Å². The van der Waals surface area contributed by atoms with Gasteiger partial charge in [0, 0.05) is 6.54 Å². The van der Waals surface area contributed by atoms with E-state index in [2.05, 4.69) is 52.1 Å². The Balaban J connectivity index is 2.46. The summed E-state index contributed by atoms with van der Waals surface area (Å²) >= 11 is 0. The maximum absolute atomic E-state index is 5.64. The highest BCUT2D eigenvalue weighted by Crippen LogP contribution is 2.18. The maximum atomic E-state index is 5.64. The minimum atomic E-state index is 0.298. The number of rotatable bonds is 7. The quantitative estimate of drug-likeness (QED) is 0.741. The molecule has 0 heterocycles. The third-order valence-corrected chi connectivity index (χ3v) is 3.82. The molecule has 0 saturated carbocycles. The van der Waals surface area contributed by atoms with E-state index in [-0.39, 0.29) is 0 Å². The van der Waals surface area contributed by atoms with Crippen molar-refractivity contribution in [3.63, 3.8) is 0 Å². The molecule has 2 heteroatoms. The van der Waals surface area contributed by atoms with E-state index in [1.807, 2.05) is 0 Å². The van der Waals surface area contributed by atoms with Gasteiger partial charge >= 0.3 is 0 Å². The highest BCUT2D eigenvalue weighted by Gasteiger charge is 2.15. The number of nitrogens with one attached hydrogen (secondary N) is 1. The first-order chi connectivity index (χ1) is 8.85. The number of benzene rings is 1. The van der Waals surface area contributed by atoms with Crippen LogP contribution in [0.1, 0.15) is 42.5 Å². The molecule has 19 heavy (non-hydrogen) atoms. The van der Waals surface area contributed by atoms with Crippen LogP contribution in [0.25, 0.3) is 0 Å². The molecule has 1 rings (SSSR count). The lowest BCUT2D eigenvalue weighted by atomic mass is 9.89. The van der Waals surface area contributed by atoms with Gasteiger partial charge in [-0.3, -0.25) is 0 Å². The lowest BCUT2D eigenvalue weighted by Gasteiger charge is -2.24. The van der Waals surface area contributed by atoms with Gasteiger partial charge in [0.05, 0.1) is 0 Å². The standard InChI is InChI=1S/C17H30N2/c1-13-10-14(2)16(15(3)11-13)6-9-19-12-17(4,5)7-8-18/h10-11,19H,6-9,12,18H2,1-5H3. The lowest BCUT2D eigenvalue weighted by Crippen LogP contribution is -2.32. The molecule has 0 bridgehead atoms. The third kappa shape index (κ3) is 5.33. The molecule has 108 valence electrons. The summed E-state index contributed by atoms with van der Waals surface area (Å²) in [7, 11) is 0. The van der Waals surface area contributed by atoms with Crippen LogP contribution in [-0.2, 0) is 6.42 Å². The van der Waals surface area contributed by atoms with E-state index in [1.165, 1.54) is 22.3 Å². The molecule has 2 nitrogen and oxygen atoms in total. The second-order valence-electron chi connectivity index (χ2n) is 6.51. The molecule has 0 amide bonds. The Hall–Kier alpha value is -0.860. The summed E-state index contributed by atoms with van der Waals surface area (Å²) in [5.74, 6) is 0. The Bertz CT molecular complexity index is 385. The molecule has 0 aliphatic rings. The molecule has 0 unspecified atom stereocenters. The Kier molecular flexibility index (Phi) is 6.02. The summed E-state index contributed by atoms with van der Waals surface area (Å²) in [6, 6.07) is 4.56. The summed E-state index contributed by atoms with van der Waals surface area (Å²) in [6.07, 6.45) is 2.18. The molecule has 0 fully saturated rings. The minimum Gasteiger partial charge on any atom is -0.330 e. The normalized spacial score (nSPS) is 11.9. The van der Waals surface area contributed by atoms with Gasteiger partial charge in [-0.1, -0.05) is 31.5 Å². The summed E-state index contributed by atoms with van der Waals surface area (Å²) in [4.78, 5) is 0. The second kappa shape index (κ2) is 7.06. The first kappa shape index (κ1) is 16.2. The Morgan fingerprint density at radius 3 is 2.21 bits per heavy atom. The molecular weight excluding hydrogens is 232 g/mol. The van der Waals surface area contributed by atoms with Gasteiger partial charge in [-0.15, -0.1) is 0 Å². The monoisotopic (exact) mass is 262 g/mol. The molecule has 0 saturated heterocycles. The van der Waals surface area contributed by atoms with Gasteiger partial charge in [-0.25, -0.2) is 0 Å². The van der Waals surface area contributed by atoms with E-state index in [0.29, 0.717) is 5.41 Å². The van der Waals surface area contributed by atoms with Crippen LogP contribution in [0.15, 0.2) is 12.1 Å². The van der Waals surface area contributed by atoms with Crippen molar-refractivity contribution in [3.8, 4) is 0 Å². The van der Waals surface area contributed by atoms with Crippen molar-refractivity contribution in [1.29, 1.82) is 0 Å². The average molecular weight is 262 g/mol. The number of hydrogen-bond donors (Lipinski definition) is 2. The van der Waals surface area contributed by atoms with Crippen LogP contribution in [-0.4, -0.2) is 19.6 Å². The number of nitrogens with two attached hydrogens (primary N) is 1. The Morgan fingerprint density at radius 2 is 1.68 bits per heavy atom. The lowest BCUT2D eigenvalue weighted by molar-refractivity contribution is 0.321. The first-order valence-electron chi connectivity index (χ1n) is 7.33. The van der Waals surface area contributed by atoms with Gasteiger partial charge < -0.3 is 11.1 Å². The predicted octanol–water partition coefficient (Wildman–Crippen LogP) is 3.12. The molecule has 0 radical (unpaired) electrons. The topological polar surface area (TPSA) is 38.0 Å². The van der Waals surface area contributed by atoms with Crippen LogP contribution < -0.4 is 11.1 Å². The molecule has 0 aliphatic carbocycles. The molecular formula is C17H30N2. The predicted molar refractivity (Wildman–Crippen MR) is 84.7 cm³/mol. The summed E-state index contributed by atoms with van der Waals surface area (Å²) in [5.41, 5.74) is 11.6. The van der Waals surface area contributed by atoms with Crippen LogP contribution in [0.4, 0.5) is 0 Å². The van der Waals surface area contributed by atoms with E-state index < -0.39 is 0 Å². The van der Waals surface area contributed by atoms with Crippen molar-refractivity contribution >= 4 is 0 Å². The van der Waals surface area contributed by atoms with E-state index in [9.17, 15) is 0 Å². The van der Waals surface area contributed by atoms with Gasteiger partial charge in [0.1, 0.15) is 0 Å². The summed E-state index contributed by atoms with van der Waals surface area (Å²) in [5, 5.41) is 3.57. The van der Waals surface area contributed by atoms with Crippen LogP contribution >= 0.6 is 0 Å². The van der Waals surface area contributed by atoms with Crippen molar-refractivity contribution in [1.82, 2.24) is 5.32 Å². The fourth-order valence-electron chi connectivity index (χ4n) is 2.72. The average Bonchev–Trinajstić information content (AvgIpc) is 2.26. The van der Waals surface area contributed by atoms with Crippen molar-refractivity contribution in [2.45, 2.75) is 47.5 Å². The van der Waals surface area contributed by atoms with E-state index in [4.69, 9.17) is 5.73 Å². The number of aryl methyl sites for hydroxylation is 3. The smallest absolute Gasteiger partial charge is 0.000312 e. The molecule has 0 aromatic heterocycles. The molecule has 0 aliphatic heterocycles. The fraction of sp³-hybridized carbons (Fsp3) is 0.647. The van der Waals surface area contributed by atoms with E-state index in [0.717, 1.165) is 32.5 Å². The summed E-state index contributed by atoms with van der Waals surface area (Å²) < 4.78 is 0. The molecule has 0 spiro atoms. The second-order valence-corrected chi connectivity index (χ2v) is 6.51. The Labute approximate surface area is 118 Å². The van der Waals surface area contributed by atoms with Crippen molar-refractivity contribution in [3.05, 3.63) is 34.4 Å². The van der Waals surface area contributed by atoms with Crippen LogP contribution in [0.2, 0.25) is 0 Å². The SMILES string of the molecule is Cc1cc(C)c(CCNCC(C)(C)CCN)c(C)c1. The zero-order valence-electron chi connectivity index (χ0n) is 13.3. The highest BCUT2D eigenvalue weighted by molar-refractivity contribution is 5.37. The molecule has 0 atom stereocenters. The van der Waals surface area contributed by atoms with Gasteiger partial charge in [0.25, 0.3) is 0 Å². The van der Waals surface area contributed by atoms with Crippen LogP contribution in [0, 0.1) is 26.2 Å². The van der Waals surface area contributed by atoms with Crippen molar-refractivity contribution in [2.75, 3.05) is 19.6 Å². The summed E-state index contributed by atoms with van der Waals surface area (Å²) in [6.45, 7) is 14.0. The van der Waals surface area contributed by atoms with Gasteiger partial charge in [0.2, 0.25) is 0 Å². The Morgan fingerprint density at radius 1 is 1.11 bits per heavy atom. The molecule has 1 aromatic carbocycles. The largest absolute Gasteiger partial charge is 0.330 e. The van der Waals surface area contributed by atoms with Crippen LogP contribution in [0.3, 0.4) is 0 Å². The zero-order valence-corrected chi connectivity index (χ0v) is 13.3. The van der Waals surface area contributed by atoms with Crippen LogP contribution in [0.5, 0.6) is 0 Å². The van der Waals surface area contributed by atoms with Gasteiger partial charge in [-0.05, 0) is 68.8 Å². The van der Waals surface area contributed by atoms with Gasteiger partial charge in [-0.2, -0.15) is 0 Å². The zero-order chi connectivity index (χ0) is 14.5. The third-order valence-electron chi connectivity index (χ3n) is 3.82. The maximum Gasteiger partial charge on any atom is 0.000312 e. The van der Waals surface area contributed by atoms with Crippen molar-refractivity contribution < 1.29 is 0 Å². The number of hydrogen-bond acceptors (Lipinski definition) is 2. The molecule has 1 aromatic rings. The highest BCUT2D eigenvalue weighted by atomic mass is 14.9.